The number of alkyl halides is 2. The van der Waals surface area contributed by atoms with E-state index in [1.807, 2.05) is 48.5 Å². The fourth-order valence-electron chi connectivity index (χ4n) is 3.00. The van der Waals surface area contributed by atoms with Gasteiger partial charge in [0.25, 0.3) is 0 Å². The number of hydrogen-bond donors (Lipinski definition) is 0. The molecular weight excluding hydrogens is 395 g/mol. The Balaban J connectivity index is 1.65. The highest BCUT2D eigenvalue weighted by Crippen LogP contribution is 2.20. The highest BCUT2D eigenvalue weighted by atomic mass is 35.5. The normalized spacial score (nSPS) is 13.0. The number of ketones is 1. The Bertz CT molecular complexity index is 652. The van der Waals surface area contributed by atoms with E-state index in [9.17, 15) is 4.79 Å². The second kappa shape index (κ2) is 12.0. The van der Waals surface area contributed by atoms with Crippen LogP contribution in [0.1, 0.15) is 36.8 Å². The fourth-order valence-corrected chi connectivity index (χ4v) is 3.57. The molecule has 0 aliphatic rings. The molecule has 2 rings (SSSR count). The van der Waals surface area contributed by atoms with Crippen LogP contribution in [0, 0.1) is 0 Å². The van der Waals surface area contributed by atoms with Gasteiger partial charge in [0.05, 0.1) is 14.2 Å². The first-order valence-corrected chi connectivity index (χ1v) is 10.4. The third-order valence-corrected chi connectivity index (χ3v) is 5.45. The predicted octanol–water partition coefficient (Wildman–Crippen LogP) is 5.83. The van der Waals surface area contributed by atoms with Crippen molar-refractivity contribution in [2.45, 2.75) is 49.3 Å². The minimum atomic E-state index is -0.0524. The molecule has 2 atom stereocenters. The number of rotatable bonds is 12. The number of Topliss-reactive ketones (excluding diaryl/α,β-unsaturated/α-hetero) is 1. The van der Waals surface area contributed by atoms with Crippen molar-refractivity contribution in [3.63, 3.8) is 0 Å². The molecule has 0 saturated heterocycles. The van der Waals surface area contributed by atoms with Gasteiger partial charge in [-0.25, -0.2) is 0 Å². The third-order valence-electron chi connectivity index (χ3n) is 4.71. The molecule has 0 aliphatic heterocycles. The van der Waals surface area contributed by atoms with E-state index < -0.39 is 0 Å². The molecule has 28 heavy (non-hydrogen) atoms. The Labute approximate surface area is 177 Å². The highest BCUT2D eigenvalue weighted by molar-refractivity contribution is 6.21. The summed E-state index contributed by atoms with van der Waals surface area (Å²) in [4.78, 5) is 12.2. The summed E-state index contributed by atoms with van der Waals surface area (Å²) in [5, 5.41) is -0.105. The van der Waals surface area contributed by atoms with Gasteiger partial charge < -0.3 is 9.47 Å². The van der Waals surface area contributed by atoms with Crippen molar-refractivity contribution in [3.8, 4) is 11.5 Å². The Kier molecular flexibility index (Phi) is 9.66. The van der Waals surface area contributed by atoms with Crippen LogP contribution >= 0.6 is 23.2 Å². The Hall–Kier alpha value is -1.71. The van der Waals surface area contributed by atoms with Crippen molar-refractivity contribution in [1.29, 1.82) is 0 Å². The average molecular weight is 423 g/mol. The molecule has 0 radical (unpaired) electrons. The van der Waals surface area contributed by atoms with Crippen LogP contribution in [0.5, 0.6) is 11.5 Å². The summed E-state index contributed by atoms with van der Waals surface area (Å²) in [6.07, 6.45) is 3.84. The summed E-state index contributed by atoms with van der Waals surface area (Å²) >= 11 is 12.8. The largest absolute Gasteiger partial charge is 0.497 e. The molecule has 2 unspecified atom stereocenters. The van der Waals surface area contributed by atoms with Crippen molar-refractivity contribution < 1.29 is 14.3 Å². The van der Waals surface area contributed by atoms with Crippen molar-refractivity contribution in [2.75, 3.05) is 14.2 Å². The first-order valence-electron chi connectivity index (χ1n) is 9.56. The summed E-state index contributed by atoms with van der Waals surface area (Å²) in [5.74, 6) is 1.88. The van der Waals surface area contributed by atoms with Crippen LogP contribution < -0.4 is 9.47 Å². The van der Waals surface area contributed by atoms with E-state index in [1.165, 1.54) is 0 Å². The number of benzene rings is 2. The van der Waals surface area contributed by atoms with Crippen LogP contribution in [0.15, 0.2) is 48.5 Å². The summed E-state index contributed by atoms with van der Waals surface area (Å²) < 4.78 is 10.3. The van der Waals surface area contributed by atoms with E-state index in [2.05, 4.69) is 0 Å². The molecule has 0 saturated carbocycles. The molecule has 0 amide bonds. The zero-order valence-corrected chi connectivity index (χ0v) is 18.0. The van der Waals surface area contributed by atoms with Crippen LogP contribution in [-0.4, -0.2) is 30.8 Å². The zero-order valence-electron chi connectivity index (χ0n) is 16.5. The van der Waals surface area contributed by atoms with Crippen molar-refractivity contribution in [3.05, 3.63) is 59.7 Å². The van der Waals surface area contributed by atoms with E-state index in [-0.39, 0.29) is 16.5 Å². The Morgan fingerprint density at radius 3 is 1.43 bits per heavy atom. The van der Waals surface area contributed by atoms with Gasteiger partial charge in [-0.3, -0.25) is 4.79 Å². The number of carbonyl (C=O) groups is 1. The summed E-state index contributed by atoms with van der Waals surface area (Å²) in [6, 6.07) is 15.7. The summed E-state index contributed by atoms with van der Waals surface area (Å²) in [6.45, 7) is 0. The molecule has 5 heteroatoms. The molecule has 2 aromatic carbocycles. The van der Waals surface area contributed by atoms with Crippen LogP contribution in [0.3, 0.4) is 0 Å². The topological polar surface area (TPSA) is 35.5 Å². The van der Waals surface area contributed by atoms with Crippen LogP contribution in [0.4, 0.5) is 0 Å². The fraction of sp³-hybridized carbons (Fsp3) is 0.435. The number of ether oxygens (including phenoxy) is 2. The van der Waals surface area contributed by atoms with Crippen molar-refractivity contribution >= 4 is 29.0 Å². The van der Waals surface area contributed by atoms with Gasteiger partial charge in [0.1, 0.15) is 17.3 Å². The van der Waals surface area contributed by atoms with Crippen molar-refractivity contribution in [2.24, 2.45) is 0 Å². The Morgan fingerprint density at radius 2 is 1.11 bits per heavy atom. The first-order chi connectivity index (χ1) is 13.5. The standard InChI is InChI=1S/C23H28Cl2O3/c1-27-22-11-3-17(4-12-22)15-19(24)7-9-21(26)10-8-20(25)16-18-5-13-23(28-2)14-6-18/h3-6,11-14,19-20H,7-10,15-16H2,1-2H3. The number of halogens is 2. The quantitative estimate of drug-likeness (QED) is 0.403. The van der Waals surface area contributed by atoms with Gasteiger partial charge in [0, 0.05) is 23.6 Å². The van der Waals surface area contributed by atoms with Gasteiger partial charge in [-0.05, 0) is 61.1 Å². The lowest BCUT2D eigenvalue weighted by molar-refractivity contribution is -0.119. The Morgan fingerprint density at radius 1 is 0.750 bits per heavy atom. The second-order valence-corrected chi connectivity index (χ2v) is 8.15. The molecule has 0 N–H and O–H groups in total. The van der Waals surface area contributed by atoms with E-state index in [0.717, 1.165) is 35.5 Å². The highest BCUT2D eigenvalue weighted by Gasteiger charge is 2.13. The lowest BCUT2D eigenvalue weighted by Crippen LogP contribution is -2.10. The lowest BCUT2D eigenvalue weighted by atomic mass is 10.0. The monoisotopic (exact) mass is 422 g/mol. The van der Waals surface area contributed by atoms with Crippen molar-refractivity contribution in [1.82, 2.24) is 0 Å². The van der Waals surface area contributed by atoms with Gasteiger partial charge in [-0.1, -0.05) is 24.3 Å². The van der Waals surface area contributed by atoms with Crippen LogP contribution in [0.25, 0.3) is 0 Å². The van der Waals surface area contributed by atoms with E-state index in [4.69, 9.17) is 32.7 Å². The van der Waals surface area contributed by atoms with Crippen LogP contribution in [-0.2, 0) is 17.6 Å². The molecule has 3 nitrogen and oxygen atoms in total. The predicted molar refractivity (Wildman–Crippen MR) is 116 cm³/mol. The summed E-state index contributed by atoms with van der Waals surface area (Å²) in [7, 11) is 3.29. The molecule has 0 heterocycles. The van der Waals surface area contributed by atoms with Crippen LogP contribution in [0.2, 0.25) is 0 Å². The smallest absolute Gasteiger partial charge is 0.133 e. The van der Waals surface area contributed by atoms with E-state index in [0.29, 0.717) is 25.7 Å². The molecule has 152 valence electrons. The summed E-state index contributed by atoms with van der Waals surface area (Å²) in [5.41, 5.74) is 2.29. The number of carbonyl (C=O) groups excluding carboxylic acids is 1. The molecule has 2 aromatic rings. The minimum Gasteiger partial charge on any atom is -0.497 e. The lowest BCUT2D eigenvalue weighted by Gasteiger charge is -2.11. The maximum absolute atomic E-state index is 12.2. The van der Waals surface area contributed by atoms with Gasteiger partial charge in [-0.2, -0.15) is 0 Å². The van der Waals surface area contributed by atoms with Gasteiger partial charge in [0.2, 0.25) is 0 Å². The molecule has 0 spiro atoms. The molecule has 0 bridgehead atoms. The van der Waals surface area contributed by atoms with Gasteiger partial charge in [0.15, 0.2) is 0 Å². The third kappa shape index (κ3) is 8.12. The molecule has 0 fully saturated rings. The number of methoxy groups -OCH3 is 2. The van der Waals surface area contributed by atoms with Gasteiger partial charge >= 0.3 is 0 Å². The average Bonchev–Trinajstić information content (AvgIpc) is 2.72. The zero-order chi connectivity index (χ0) is 20.4. The number of hydrogen-bond acceptors (Lipinski definition) is 3. The van der Waals surface area contributed by atoms with E-state index >= 15 is 0 Å². The maximum atomic E-state index is 12.2. The second-order valence-electron chi connectivity index (χ2n) is 6.91. The maximum Gasteiger partial charge on any atom is 0.133 e. The molecular formula is C23H28Cl2O3. The first kappa shape index (κ1) is 22.6. The molecule has 0 aliphatic carbocycles. The van der Waals surface area contributed by atoms with Gasteiger partial charge in [-0.15, -0.1) is 23.2 Å². The minimum absolute atomic E-state index is 0.0524. The molecule has 0 aromatic heterocycles. The van der Waals surface area contributed by atoms with E-state index in [1.54, 1.807) is 14.2 Å². The SMILES string of the molecule is COc1ccc(CC(Cl)CCC(=O)CCC(Cl)Cc2ccc(OC)cc2)cc1.